The molecule has 25 heavy (non-hydrogen) atoms. The van der Waals surface area contributed by atoms with Crippen molar-refractivity contribution in [2.24, 2.45) is 0 Å². The summed E-state index contributed by atoms with van der Waals surface area (Å²) in [6.07, 6.45) is 0. The number of thiocarbonyl (C=S) groups is 1. The first-order chi connectivity index (χ1) is 12.0. The molecule has 0 saturated carbocycles. The van der Waals surface area contributed by atoms with Crippen molar-refractivity contribution in [1.29, 1.82) is 0 Å². The van der Waals surface area contributed by atoms with Crippen LogP contribution in [0.25, 0.3) is 0 Å². The van der Waals surface area contributed by atoms with Crippen molar-refractivity contribution in [2.75, 3.05) is 24.5 Å². The van der Waals surface area contributed by atoms with Gasteiger partial charge in [0.25, 0.3) is 0 Å². The Morgan fingerprint density at radius 1 is 1.12 bits per heavy atom. The van der Waals surface area contributed by atoms with Crippen LogP contribution in [0.15, 0.2) is 48.5 Å². The first kappa shape index (κ1) is 18.0. The van der Waals surface area contributed by atoms with E-state index in [9.17, 15) is 0 Å². The van der Waals surface area contributed by atoms with E-state index < -0.39 is 0 Å². The molecular formula is C20H24ClN3S. The molecule has 1 heterocycles. The highest BCUT2D eigenvalue weighted by Crippen LogP contribution is 2.21. The number of nitrogens with zero attached hydrogens (tertiary/aromatic N) is 2. The number of rotatable bonds is 3. The quantitative estimate of drug-likeness (QED) is 0.811. The molecule has 1 aliphatic heterocycles. The highest BCUT2D eigenvalue weighted by atomic mass is 35.5. The zero-order valence-electron chi connectivity index (χ0n) is 14.7. The zero-order valence-corrected chi connectivity index (χ0v) is 16.3. The van der Waals surface area contributed by atoms with Gasteiger partial charge in [0.15, 0.2) is 5.11 Å². The summed E-state index contributed by atoms with van der Waals surface area (Å²) in [7, 11) is 0. The molecule has 3 rings (SSSR count). The van der Waals surface area contributed by atoms with Gasteiger partial charge in [-0.3, -0.25) is 0 Å². The molecule has 2 aromatic rings. The Kier molecular flexibility index (Phi) is 5.82. The molecule has 132 valence electrons. The van der Waals surface area contributed by atoms with Gasteiger partial charge in [-0.25, -0.2) is 0 Å². The summed E-state index contributed by atoms with van der Waals surface area (Å²) < 4.78 is 0. The van der Waals surface area contributed by atoms with E-state index in [0.717, 1.165) is 36.3 Å². The van der Waals surface area contributed by atoms with Gasteiger partial charge in [-0.15, -0.1) is 0 Å². The predicted molar refractivity (Wildman–Crippen MR) is 110 cm³/mol. The Bertz CT molecular complexity index is 715. The van der Waals surface area contributed by atoms with E-state index in [0.29, 0.717) is 6.04 Å². The maximum atomic E-state index is 5.93. The lowest BCUT2D eigenvalue weighted by molar-refractivity contribution is 0.334. The average molecular weight is 374 g/mol. The third-order valence-electron chi connectivity index (χ3n) is 4.64. The van der Waals surface area contributed by atoms with Crippen LogP contribution in [0.1, 0.15) is 18.1 Å². The van der Waals surface area contributed by atoms with E-state index in [1.54, 1.807) is 0 Å². The van der Waals surface area contributed by atoms with E-state index in [-0.39, 0.29) is 0 Å². The normalized spacial score (nSPS) is 17.5. The van der Waals surface area contributed by atoms with Gasteiger partial charge in [-0.05, 0) is 55.9 Å². The van der Waals surface area contributed by atoms with Crippen LogP contribution < -0.4 is 10.2 Å². The van der Waals surface area contributed by atoms with Crippen molar-refractivity contribution in [3.05, 3.63) is 64.7 Å². The van der Waals surface area contributed by atoms with E-state index in [2.05, 4.69) is 53.2 Å². The third kappa shape index (κ3) is 4.65. The van der Waals surface area contributed by atoms with E-state index in [4.69, 9.17) is 23.8 Å². The highest BCUT2D eigenvalue weighted by Gasteiger charge is 2.25. The van der Waals surface area contributed by atoms with Gasteiger partial charge in [0, 0.05) is 42.9 Å². The molecule has 1 N–H and O–H groups in total. The molecule has 1 saturated heterocycles. The Hall–Kier alpha value is -1.78. The van der Waals surface area contributed by atoms with Crippen molar-refractivity contribution in [3.8, 4) is 0 Å². The average Bonchev–Trinajstić information content (AvgIpc) is 2.62. The van der Waals surface area contributed by atoms with Gasteiger partial charge in [-0.2, -0.15) is 0 Å². The number of nitrogens with one attached hydrogen (secondary N) is 1. The van der Waals surface area contributed by atoms with Gasteiger partial charge in [0.2, 0.25) is 0 Å². The molecule has 3 nitrogen and oxygen atoms in total. The van der Waals surface area contributed by atoms with Gasteiger partial charge in [0.1, 0.15) is 0 Å². The molecule has 0 spiro atoms. The second-order valence-electron chi connectivity index (χ2n) is 6.61. The van der Waals surface area contributed by atoms with Gasteiger partial charge in [-0.1, -0.05) is 41.4 Å². The van der Waals surface area contributed by atoms with Crippen molar-refractivity contribution >= 4 is 34.6 Å². The van der Waals surface area contributed by atoms with Crippen molar-refractivity contribution < 1.29 is 0 Å². The minimum absolute atomic E-state index is 0.423. The van der Waals surface area contributed by atoms with E-state index >= 15 is 0 Å². The number of aryl methyl sites for hydroxylation is 1. The first-order valence-corrected chi connectivity index (χ1v) is 9.42. The molecule has 1 unspecified atom stereocenters. The maximum absolute atomic E-state index is 5.93. The van der Waals surface area contributed by atoms with Crippen LogP contribution >= 0.6 is 23.8 Å². The Morgan fingerprint density at radius 2 is 1.80 bits per heavy atom. The summed E-state index contributed by atoms with van der Waals surface area (Å²) in [4.78, 5) is 4.72. The second kappa shape index (κ2) is 8.07. The summed E-state index contributed by atoms with van der Waals surface area (Å²) in [5.74, 6) is 0. The Balaban J connectivity index is 1.54. The number of hydrogen-bond donors (Lipinski definition) is 1. The molecule has 0 bridgehead atoms. The fourth-order valence-corrected chi connectivity index (χ4v) is 3.52. The monoisotopic (exact) mass is 373 g/mol. The molecule has 0 aliphatic carbocycles. The molecule has 0 aromatic heterocycles. The first-order valence-electron chi connectivity index (χ1n) is 8.63. The number of benzene rings is 2. The van der Waals surface area contributed by atoms with Crippen LogP contribution in [0.3, 0.4) is 0 Å². The minimum Gasteiger partial charge on any atom is -0.365 e. The number of hydrogen-bond acceptors (Lipinski definition) is 2. The topological polar surface area (TPSA) is 18.5 Å². The molecule has 2 aromatic carbocycles. The molecule has 1 atom stereocenters. The fourth-order valence-electron chi connectivity index (χ4n) is 3.15. The molecule has 1 aliphatic rings. The lowest BCUT2D eigenvalue weighted by Gasteiger charge is -2.42. The zero-order chi connectivity index (χ0) is 17.8. The maximum Gasteiger partial charge on any atom is 0.169 e. The Morgan fingerprint density at radius 3 is 2.44 bits per heavy atom. The van der Waals surface area contributed by atoms with Crippen molar-refractivity contribution in [3.63, 3.8) is 0 Å². The lowest BCUT2D eigenvalue weighted by Crippen LogP contribution is -2.55. The van der Waals surface area contributed by atoms with Crippen LogP contribution in [0, 0.1) is 6.92 Å². The van der Waals surface area contributed by atoms with Gasteiger partial charge in [0.05, 0.1) is 0 Å². The van der Waals surface area contributed by atoms with E-state index in [1.165, 1.54) is 16.8 Å². The van der Waals surface area contributed by atoms with Gasteiger partial charge < -0.3 is 15.1 Å². The fraction of sp³-hybridized carbons (Fsp3) is 0.350. The third-order valence-corrected chi connectivity index (χ3v) is 5.29. The second-order valence-corrected chi connectivity index (χ2v) is 7.43. The summed E-state index contributed by atoms with van der Waals surface area (Å²) in [5, 5.41) is 4.95. The number of anilines is 1. The molecule has 1 fully saturated rings. The standard InChI is InChI=1S/C20H24ClN3S/c1-15-3-9-19(10-4-15)24-12-11-23(14-16(24)2)20(25)22-13-17-5-7-18(21)8-6-17/h3-10,16H,11-14H2,1-2H3,(H,22,25). The van der Waals surface area contributed by atoms with Crippen LogP contribution in [-0.4, -0.2) is 35.7 Å². The van der Waals surface area contributed by atoms with Crippen molar-refractivity contribution in [2.45, 2.75) is 26.4 Å². The molecule has 0 amide bonds. The summed E-state index contributed by atoms with van der Waals surface area (Å²) >= 11 is 11.5. The highest BCUT2D eigenvalue weighted by molar-refractivity contribution is 7.80. The molecule has 0 radical (unpaired) electrons. The SMILES string of the molecule is Cc1ccc(N2CCN(C(=S)NCc3ccc(Cl)cc3)CC2C)cc1. The predicted octanol–water partition coefficient (Wildman–Crippen LogP) is 4.23. The van der Waals surface area contributed by atoms with E-state index in [1.807, 2.05) is 24.3 Å². The number of halogens is 1. The molecule has 5 heteroatoms. The molecular weight excluding hydrogens is 350 g/mol. The van der Waals surface area contributed by atoms with Crippen LogP contribution in [0.5, 0.6) is 0 Å². The van der Waals surface area contributed by atoms with Crippen LogP contribution in [0.2, 0.25) is 5.02 Å². The van der Waals surface area contributed by atoms with Gasteiger partial charge >= 0.3 is 0 Å². The van der Waals surface area contributed by atoms with Crippen LogP contribution in [0.4, 0.5) is 5.69 Å². The summed E-state index contributed by atoms with van der Waals surface area (Å²) in [6, 6.07) is 17.0. The lowest BCUT2D eigenvalue weighted by atomic mass is 10.1. The minimum atomic E-state index is 0.423. The summed E-state index contributed by atoms with van der Waals surface area (Å²) in [5.41, 5.74) is 3.76. The van der Waals surface area contributed by atoms with Crippen LogP contribution in [-0.2, 0) is 6.54 Å². The summed E-state index contributed by atoms with van der Waals surface area (Å²) in [6.45, 7) is 7.95. The number of piperazine rings is 1. The van der Waals surface area contributed by atoms with Crippen molar-refractivity contribution in [1.82, 2.24) is 10.2 Å². The Labute approximate surface area is 160 Å². The smallest absolute Gasteiger partial charge is 0.169 e. The largest absolute Gasteiger partial charge is 0.365 e.